The van der Waals surface area contributed by atoms with E-state index < -0.39 is 0 Å². The molecular formula is C11H15N3OS. The molecule has 2 aromatic heterocycles. The minimum absolute atomic E-state index is 0.0690. The Hall–Kier alpha value is -1.23. The molecule has 0 bridgehead atoms. The largest absolute Gasteiger partial charge is 0.309 e. The van der Waals surface area contributed by atoms with E-state index in [9.17, 15) is 4.79 Å². The predicted octanol–water partition coefficient (Wildman–Crippen LogP) is 2.24. The van der Waals surface area contributed by atoms with Gasteiger partial charge in [0, 0.05) is 10.3 Å². The fourth-order valence-electron chi connectivity index (χ4n) is 1.52. The van der Waals surface area contributed by atoms with Gasteiger partial charge in [-0.05, 0) is 18.0 Å². The van der Waals surface area contributed by atoms with Crippen LogP contribution in [0.15, 0.2) is 4.79 Å². The van der Waals surface area contributed by atoms with E-state index in [-0.39, 0.29) is 11.0 Å². The number of aryl methyl sites for hydroxylation is 1. The third-order valence-corrected chi connectivity index (χ3v) is 3.43. The third-order valence-electron chi connectivity index (χ3n) is 2.45. The zero-order valence-corrected chi connectivity index (χ0v) is 10.7. The number of nitrogens with one attached hydrogen (secondary N) is 1. The second-order valence-electron chi connectivity index (χ2n) is 4.82. The lowest BCUT2D eigenvalue weighted by atomic mass is 9.96. The van der Waals surface area contributed by atoms with Gasteiger partial charge in [0.1, 0.15) is 11.2 Å². The lowest BCUT2D eigenvalue weighted by molar-refractivity contribution is 0.546. The first-order chi connectivity index (χ1) is 7.43. The monoisotopic (exact) mass is 237 g/mol. The number of H-pyrrole nitrogens is 1. The highest BCUT2D eigenvalue weighted by molar-refractivity contribution is 7.07. The Bertz CT molecular complexity index is 577. The summed E-state index contributed by atoms with van der Waals surface area (Å²) in [5, 5.41) is 0.653. The molecule has 1 N–H and O–H groups in total. The first-order valence-electron chi connectivity index (χ1n) is 5.32. The number of rotatable bonds is 1. The summed E-state index contributed by atoms with van der Waals surface area (Å²) in [5.41, 5.74) is 0.347. The van der Waals surface area contributed by atoms with Crippen LogP contribution in [-0.4, -0.2) is 14.3 Å². The van der Waals surface area contributed by atoms with Crippen molar-refractivity contribution in [2.24, 2.45) is 0 Å². The summed E-state index contributed by atoms with van der Waals surface area (Å²) in [6.45, 7) is 8.07. The first-order valence-corrected chi connectivity index (χ1v) is 6.10. The van der Waals surface area contributed by atoms with Crippen molar-refractivity contribution >= 4 is 22.6 Å². The molecule has 0 amide bonds. The standard InChI is InChI=1S/C11H15N3OS/c1-5-6-7-8(14-16-6)12-10(11(2,3)4)13-9(7)15/h5H2,1-4H3,(H,12,13,14,15). The molecule has 16 heavy (non-hydrogen) atoms. The Morgan fingerprint density at radius 2 is 2.06 bits per heavy atom. The summed E-state index contributed by atoms with van der Waals surface area (Å²) in [5.74, 6) is 0.693. The number of hydrogen-bond acceptors (Lipinski definition) is 4. The van der Waals surface area contributed by atoms with Crippen LogP contribution in [0.2, 0.25) is 0 Å². The highest BCUT2D eigenvalue weighted by atomic mass is 32.1. The van der Waals surface area contributed by atoms with Gasteiger partial charge in [0.15, 0.2) is 5.65 Å². The minimum Gasteiger partial charge on any atom is -0.309 e. The molecule has 0 unspecified atom stereocenters. The summed E-state index contributed by atoms with van der Waals surface area (Å²) >= 11 is 1.36. The molecule has 0 saturated carbocycles. The van der Waals surface area contributed by atoms with Crippen LogP contribution >= 0.6 is 11.5 Å². The zero-order valence-electron chi connectivity index (χ0n) is 9.92. The molecule has 2 heterocycles. The molecule has 0 saturated heterocycles. The number of aromatic amines is 1. The molecule has 0 fully saturated rings. The van der Waals surface area contributed by atoms with E-state index in [1.165, 1.54) is 11.5 Å². The van der Waals surface area contributed by atoms with Crippen molar-refractivity contribution in [3.05, 3.63) is 21.1 Å². The number of nitrogens with zero attached hydrogens (tertiary/aromatic N) is 2. The van der Waals surface area contributed by atoms with Crippen LogP contribution in [0.3, 0.4) is 0 Å². The van der Waals surface area contributed by atoms with Crippen molar-refractivity contribution in [3.8, 4) is 0 Å². The first kappa shape index (κ1) is 11.3. The summed E-state index contributed by atoms with van der Waals surface area (Å²) in [6.07, 6.45) is 0.820. The molecule has 86 valence electrons. The fourth-order valence-corrected chi connectivity index (χ4v) is 2.25. The van der Waals surface area contributed by atoms with E-state index in [2.05, 4.69) is 14.3 Å². The van der Waals surface area contributed by atoms with Gasteiger partial charge in [0.05, 0.1) is 0 Å². The lowest BCUT2D eigenvalue weighted by Gasteiger charge is -2.16. The third kappa shape index (κ3) is 1.75. The van der Waals surface area contributed by atoms with Gasteiger partial charge in [-0.2, -0.15) is 4.37 Å². The maximum Gasteiger partial charge on any atom is 0.261 e. The maximum atomic E-state index is 12.0. The Kier molecular flexibility index (Phi) is 2.58. The number of fused-ring (bicyclic) bond motifs is 1. The Labute approximate surface area is 97.9 Å². The van der Waals surface area contributed by atoms with Gasteiger partial charge in [-0.25, -0.2) is 4.98 Å². The van der Waals surface area contributed by atoms with Crippen LogP contribution in [0.1, 0.15) is 38.4 Å². The molecule has 0 aliphatic heterocycles. The summed E-state index contributed by atoms with van der Waals surface area (Å²) < 4.78 is 4.24. The normalized spacial score (nSPS) is 12.2. The van der Waals surface area contributed by atoms with E-state index in [0.717, 1.165) is 11.3 Å². The van der Waals surface area contributed by atoms with Crippen molar-refractivity contribution in [2.75, 3.05) is 0 Å². The van der Waals surface area contributed by atoms with E-state index >= 15 is 0 Å². The van der Waals surface area contributed by atoms with Crippen LogP contribution in [0.25, 0.3) is 11.0 Å². The van der Waals surface area contributed by atoms with Crippen molar-refractivity contribution < 1.29 is 0 Å². The molecule has 2 aromatic rings. The van der Waals surface area contributed by atoms with Crippen LogP contribution in [0, 0.1) is 0 Å². The Balaban J connectivity index is 2.76. The Morgan fingerprint density at radius 3 is 2.62 bits per heavy atom. The van der Waals surface area contributed by atoms with Gasteiger partial charge in [-0.3, -0.25) is 4.79 Å². The smallest absolute Gasteiger partial charge is 0.261 e. The van der Waals surface area contributed by atoms with E-state index in [4.69, 9.17) is 0 Å². The molecule has 0 aliphatic rings. The highest BCUT2D eigenvalue weighted by Crippen LogP contribution is 2.21. The van der Waals surface area contributed by atoms with Crippen LogP contribution in [-0.2, 0) is 11.8 Å². The number of hydrogen-bond donors (Lipinski definition) is 1. The van der Waals surface area contributed by atoms with Gasteiger partial charge in [0.25, 0.3) is 5.56 Å². The van der Waals surface area contributed by atoms with Gasteiger partial charge in [-0.1, -0.05) is 27.7 Å². The summed E-state index contributed by atoms with van der Waals surface area (Å²) in [7, 11) is 0. The van der Waals surface area contributed by atoms with E-state index in [1.807, 2.05) is 27.7 Å². The SMILES string of the molecule is CCc1snc2nc(C(C)(C)C)[nH]c(=O)c12. The second kappa shape index (κ2) is 3.66. The van der Waals surface area contributed by atoms with Crippen LogP contribution in [0.4, 0.5) is 0 Å². The average molecular weight is 237 g/mol. The highest BCUT2D eigenvalue weighted by Gasteiger charge is 2.20. The maximum absolute atomic E-state index is 12.0. The summed E-state index contributed by atoms with van der Waals surface area (Å²) in [4.78, 5) is 20.2. The molecule has 2 rings (SSSR count). The minimum atomic E-state index is -0.163. The van der Waals surface area contributed by atoms with E-state index in [0.29, 0.717) is 16.9 Å². The van der Waals surface area contributed by atoms with Gasteiger partial charge < -0.3 is 4.98 Å². The van der Waals surface area contributed by atoms with Crippen LogP contribution < -0.4 is 5.56 Å². The van der Waals surface area contributed by atoms with Crippen molar-refractivity contribution in [1.29, 1.82) is 0 Å². The van der Waals surface area contributed by atoms with Gasteiger partial charge in [0.2, 0.25) is 0 Å². The molecule has 5 heteroatoms. The van der Waals surface area contributed by atoms with E-state index in [1.54, 1.807) is 0 Å². The summed E-state index contributed by atoms with van der Waals surface area (Å²) in [6, 6.07) is 0. The second-order valence-corrected chi connectivity index (χ2v) is 5.68. The molecule has 0 atom stereocenters. The molecule has 0 spiro atoms. The zero-order chi connectivity index (χ0) is 11.9. The molecular weight excluding hydrogens is 222 g/mol. The Morgan fingerprint density at radius 1 is 1.38 bits per heavy atom. The van der Waals surface area contributed by atoms with Crippen molar-refractivity contribution in [3.63, 3.8) is 0 Å². The number of aromatic nitrogens is 3. The molecule has 0 radical (unpaired) electrons. The van der Waals surface area contributed by atoms with Crippen molar-refractivity contribution in [2.45, 2.75) is 39.5 Å². The lowest BCUT2D eigenvalue weighted by Crippen LogP contribution is -2.22. The van der Waals surface area contributed by atoms with Crippen LogP contribution in [0.5, 0.6) is 0 Å². The predicted molar refractivity (Wildman–Crippen MR) is 66.1 cm³/mol. The van der Waals surface area contributed by atoms with Crippen molar-refractivity contribution in [1.82, 2.24) is 14.3 Å². The quantitative estimate of drug-likeness (QED) is 0.827. The fraction of sp³-hybridized carbons (Fsp3) is 0.545. The molecule has 4 nitrogen and oxygen atoms in total. The molecule has 0 aromatic carbocycles. The van der Waals surface area contributed by atoms with Gasteiger partial charge >= 0.3 is 0 Å². The molecule has 0 aliphatic carbocycles. The average Bonchev–Trinajstić information content (AvgIpc) is 2.59. The van der Waals surface area contributed by atoms with Gasteiger partial charge in [-0.15, -0.1) is 0 Å². The topological polar surface area (TPSA) is 58.6 Å².